The molecule has 1 heterocycles. The molecule has 1 aliphatic rings. The van der Waals surface area contributed by atoms with Crippen molar-refractivity contribution < 1.29 is 9.47 Å². The largest absolute Gasteiger partial charge is 0.482 e. The molecule has 0 spiro atoms. The van der Waals surface area contributed by atoms with Gasteiger partial charge in [-0.15, -0.1) is 0 Å². The summed E-state index contributed by atoms with van der Waals surface area (Å²) in [4.78, 5) is 0. The van der Waals surface area contributed by atoms with Gasteiger partial charge in [-0.25, -0.2) is 0 Å². The maximum absolute atomic E-state index is 6.02. The second-order valence-electron chi connectivity index (χ2n) is 4.27. The number of rotatable bonds is 2. The van der Waals surface area contributed by atoms with E-state index in [1.165, 1.54) is 0 Å². The van der Waals surface area contributed by atoms with Gasteiger partial charge >= 0.3 is 0 Å². The Morgan fingerprint density at radius 3 is 2.33 bits per heavy atom. The summed E-state index contributed by atoms with van der Waals surface area (Å²) in [6.07, 6.45) is 0.726. The van der Waals surface area contributed by atoms with Crippen LogP contribution < -0.4 is 15.2 Å². The fourth-order valence-electron chi connectivity index (χ4n) is 2.17. The Hall–Kier alpha value is -2.00. The molecule has 1 unspecified atom stereocenters. The van der Waals surface area contributed by atoms with Gasteiger partial charge in [0.25, 0.3) is 0 Å². The van der Waals surface area contributed by atoms with Crippen molar-refractivity contribution in [3.63, 3.8) is 0 Å². The van der Waals surface area contributed by atoms with Crippen LogP contribution in [0.3, 0.4) is 0 Å². The van der Waals surface area contributed by atoms with Gasteiger partial charge in [-0.2, -0.15) is 0 Å². The quantitative estimate of drug-likeness (QED) is 0.877. The van der Waals surface area contributed by atoms with Crippen molar-refractivity contribution in [3.8, 4) is 17.2 Å². The molecular formula is C15H15NO2. The van der Waals surface area contributed by atoms with Crippen molar-refractivity contribution in [2.75, 3.05) is 6.54 Å². The third kappa shape index (κ3) is 1.93. The zero-order chi connectivity index (χ0) is 12.4. The summed E-state index contributed by atoms with van der Waals surface area (Å²) in [6, 6.07) is 15.7. The first-order valence-electron chi connectivity index (χ1n) is 6.11. The summed E-state index contributed by atoms with van der Waals surface area (Å²) in [5, 5.41) is 0. The average Bonchev–Trinajstić information content (AvgIpc) is 2.56. The third-order valence-electron chi connectivity index (χ3n) is 3.03. The summed E-state index contributed by atoms with van der Waals surface area (Å²) in [5.74, 6) is 2.37. The van der Waals surface area contributed by atoms with E-state index in [0.717, 1.165) is 29.2 Å². The van der Waals surface area contributed by atoms with Crippen molar-refractivity contribution in [2.24, 2.45) is 5.73 Å². The van der Waals surface area contributed by atoms with Crippen molar-refractivity contribution in [2.45, 2.75) is 12.5 Å². The second-order valence-corrected chi connectivity index (χ2v) is 4.27. The molecule has 18 heavy (non-hydrogen) atoms. The summed E-state index contributed by atoms with van der Waals surface area (Å²) in [6.45, 7) is 0.584. The highest BCUT2D eigenvalue weighted by atomic mass is 16.5. The third-order valence-corrected chi connectivity index (χ3v) is 3.03. The van der Waals surface area contributed by atoms with E-state index in [-0.39, 0.29) is 6.10 Å². The van der Waals surface area contributed by atoms with E-state index >= 15 is 0 Å². The minimum absolute atomic E-state index is 0.0464. The zero-order valence-electron chi connectivity index (χ0n) is 10.0. The standard InChI is InChI=1S/C15H15NO2/c16-10-9-13-11-5-1-2-6-12(11)17-14-7-3-4-8-15(14)18-13/h1-8,13H,9-10,16H2. The van der Waals surface area contributed by atoms with Crippen LogP contribution in [0.25, 0.3) is 0 Å². The molecule has 2 aromatic rings. The zero-order valence-corrected chi connectivity index (χ0v) is 10.0. The molecule has 3 rings (SSSR count). The molecule has 0 saturated carbocycles. The molecule has 0 saturated heterocycles. The van der Waals surface area contributed by atoms with Crippen LogP contribution in [-0.4, -0.2) is 6.54 Å². The van der Waals surface area contributed by atoms with Crippen LogP contribution in [0.2, 0.25) is 0 Å². The van der Waals surface area contributed by atoms with Crippen molar-refractivity contribution in [1.29, 1.82) is 0 Å². The lowest BCUT2D eigenvalue weighted by atomic mass is 10.1. The topological polar surface area (TPSA) is 44.5 Å². The highest BCUT2D eigenvalue weighted by Crippen LogP contribution is 2.42. The Balaban J connectivity index is 2.08. The number of para-hydroxylation sites is 3. The maximum atomic E-state index is 6.02. The number of ether oxygens (including phenoxy) is 2. The molecule has 3 nitrogen and oxygen atoms in total. The summed E-state index contributed by atoms with van der Waals surface area (Å²) >= 11 is 0. The highest BCUT2D eigenvalue weighted by molar-refractivity contribution is 5.48. The molecule has 0 aliphatic carbocycles. The Morgan fingerprint density at radius 1 is 0.889 bits per heavy atom. The smallest absolute Gasteiger partial charge is 0.169 e. The Morgan fingerprint density at radius 2 is 1.56 bits per heavy atom. The summed E-state index contributed by atoms with van der Waals surface area (Å²) < 4.78 is 11.9. The summed E-state index contributed by atoms with van der Waals surface area (Å²) in [5.41, 5.74) is 6.72. The second kappa shape index (κ2) is 4.70. The van der Waals surface area contributed by atoms with Gasteiger partial charge in [0.15, 0.2) is 11.5 Å². The van der Waals surface area contributed by atoms with Crippen molar-refractivity contribution in [1.82, 2.24) is 0 Å². The lowest BCUT2D eigenvalue weighted by molar-refractivity contribution is 0.200. The lowest BCUT2D eigenvalue weighted by Gasteiger charge is -2.16. The van der Waals surface area contributed by atoms with Crippen LogP contribution in [0.1, 0.15) is 18.1 Å². The first-order chi connectivity index (χ1) is 8.88. The van der Waals surface area contributed by atoms with E-state index in [9.17, 15) is 0 Å². The van der Waals surface area contributed by atoms with E-state index in [1.54, 1.807) is 0 Å². The molecule has 1 atom stereocenters. The average molecular weight is 241 g/mol. The van der Waals surface area contributed by atoms with Crippen LogP contribution in [0.5, 0.6) is 17.2 Å². The van der Waals surface area contributed by atoms with Crippen LogP contribution in [0.15, 0.2) is 48.5 Å². The van der Waals surface area contributed by atoms with Crippen molar-refractivity contribution in [3.05, 3.63) is 54.1 Å². The normalized spacial score (nSPS) is 16.8. The predicted octanol–water partition coefficient (Wildman–Crippen LogP) is 3.26. The lowest BCUT2D eigenvalue weighted by Crippen LogP contribution is -2.12. The molecule has 2 aromatic carbocycles. The molecule has 0 radical (unpaired) electrons. The van der Waals surface area contributed by atoms with E-state index in [0.29, 0.717) is 6.54 Å². The fraction of sp³-hybridized carbons (Fsp3) is 0.200. The number of hydrogen-bond acceptors (Lipinski definition) is 3. The Labute approximate surface area is 106 Å². The van der Waals surface area contributed by atoms with Gasteiger partial charge < -0.3 is 15.2 Å². The minimum Gasteiger partial charge on any atom is -0.482 e. The molecule has 0 bridgehead atoms. The van der Waals surface area contributed by atoms with Gasteiger partial charge in [-0.3, -0.25) is 0 Å². The molecule has 92 valence electrons. The first-order valence-corrected chi connectivity index (χ1v) is 6.11. The van der Waals surface area contributed by atoms with Gasteiger partial charge in [0.05, 0.1) is 0 Å². The Bertz CT molecular complexity index is 554. The highest BCUT2D eigenvalue weighted by Gasteiger charge is 2.23. The SMILES string of the molecule is NCCC1Oc2ccccc2Oc2ccccc21. The number of nitrogens with two attached hydrogens (primary N) is 1. The van der Waals surface area contributed by atoms with Gasteiger partial charge in [-0.05, 0) is 24.7 Å². The minimum atomic E-state index is -0.0464. The molecule has 0 aromatic heterocycles. The van der Waals surface area contributed by atoms with E-state index in [1.807, 2.05) is 48.5 Å². The van der Waals surface area contributed by atoms with Crippen LogP contribution in [0, 0.1) is 0 Å². The molecular weight excluding hydrogens is 226 g/mol. The predicted molar refractivity (Wildman–Crippen MR) is 70.0 cm³/mol. The molecule has 3 heteroatoms. The van der Waals surface area contributed by atoms with Gasteiger partial charge in [0.1, 0.15) is 11.9 Å². The number of fused-ring (bicyclic) bond motifs is 2. The first kappa shape index (κ1) is 11.1. The Kier molecular flexibility index (Phi) is 2.90. The molecule has 1 aliphatic heterocycles. The van der Waals surface area contributed by atoms with Crippen LogP contribution in [-0.2, 0) is 0 Å². The monoisotopic (exact) mass is 241 g/mol. The number of hydrogen-bond donors (Lipinski definition) is 1. The fourth-order valence-corrected chi connectivity index (χ4v) is 2.17. The maximum Gasteiger partial charge on any atom is 0.169 e. The van der Waals surface area contributed by atoms with E-state index in [2.05, 4.69) is 0 Å². The van der Waals surface area contributed by atoms with Crippen LogP contribution >= 0.6 is 0 Å². The van der Waals surface area contributed by atoms with Crippen LogP contribution in [0.4, 0.5) is 0 Å². The van der Waals surface area contributed by atoms with Gasteiger partial charge in [0, 0.05) is 12.0 Å². The van der Waals surface area contributed by atoms with E-state index < -0.39 is 0 Å². The van der Waals surface area contributed by atoms with Gasteiger partial charge in [0.2, 0.25) is 0 Å². The summed E-state index contributed by atoms with van der Waals surface area (Å²) in [7, 11) is 0. The number of benzene rings is 2. The molecule has 0 fully saturated rings. The van der Waals surface area contributed by atoms with E-state index in [4.69, 9.17) is 15.2 Å². The molecule has 0 amide bonds. The molecule has 2 N–H and O–H groups in total. The van der Waals surface area contributed by atoms with Gasteiger partial charge in [-0.1, -0.05) is 30.3 Å². The van der Waals surface area contributed by atoms with Crippen molar-refractivity contribution >= 4 is 0 Å².